The normalized spacial score (nSPS) is 11.5. The number of halogens is 4. The maximum Gasteiger partial charge on any atom is 0.340 e. The Bertz CT molecular complexity index is 471. The van der Waals surface area contributed by atoms with E-state index in [0.29, 0.717) is 6.07 Å². The van der Waals surface area contributed by atoms with Gasteiger partial charge in [0.15, 0.2) is 12.4 Å². The lowest BCUT2D eigenvalue weighted by Crippen LogP contribution is -2.34. The van der Waals surface area contributed by atoms with E-state index in [0.717, 1.165) is 6.07 Å². The topological polar surface area (TPSA) is 103 Å². The first-order valence-electron chi connectivity index (χ1n) is 4.68. The molecule has 1 rings (SSSR count). The van der Waals surface area contributed by atoms with Crippen molar-refractivity contribution in [1.82, 2.24) is 4.98 Å². The highest BCUT2D eigenvalue weighted by molar-refractivity contribution is 5.47. The van der Waals surface area contributed by atoms with Crippen LogP contribution in [0.4, 0.5) is 29.1 Å². The summed E-state index contributed by atoms with van der Waals surface area (Å²) in [6, 6.07) is 1.63. The third kappa shape index (κ3) is 3.91. The largest absolute Gasteiger partial charge is 0.471 e. The molecule has 1 aromatic heterocycles. The van der Waals surface area contributed by atoms with Gasteiger partial charge >= 0.3 is 12.3 Å². The zero-order valence-corrected chi connectivity index (χ0v) is 9.15. The van der Waals surface area contributed by atoms with Crippen molar-refractivity contribution in [2.24, 2.45) is 5.84 Å². The summed E-state index contributed by atoms with van der Waals surface area (Å²) in [6.07, 6.45) is -3.92. The Labute approximate surface area is 103 Å². The van der Waals surface area contributed by atoms with Crippen LogP contribution in [0.3, 0.4) is 0 Å². The summed E-state index contributed by atoms with van der Waals surface area (Å²) in [6.45, 7) is -1.66. The Hall–Kier alpha value is -2.17. The Kier molecular flexibility index (Phi) is 4.43. The minimum Gasteiger partial charge on any atom is -0.471 e. The van der Waals surface area contributed by atoms with Crippen molar-refractivity contribution in [2.45, 2.75) is 12.3 Å². The van der Waals surface area contributed by atoms with Crippen LogP contribution in [0.1, 0.15) is 0 Å². The molecular weight excluding hydrogens is 276 g/mol. The molecule has 3 N–H and O–H groups in total. The number of nitrogens with two attached hydrogens (primary N) is 1. The fraction of sp³-hybridized carbons (Fsp3) is 0.375. The molecule has 0 aliphatic rings. The first kappa shape index (κ1) is 14.9. The van der Waals surface area contributed by atoms with Crippen molar-refractivity contribution in [1.29, 1.82) is 0 Å². The molecule has 0 spiro atoms. The van der Waals surface area contributed by atoms with E-state index in [-0.39, 0.29) is 5.82 Å². The molecule has 11 heteroatoms. The van der Waals surface area contributed by atoms with E-state index in [1.54, 1.807) is 0 Å². The SMILES string of the molecule is NNc1cc([N+](=O)[O-])cc(OCC(F)(F)C(F)F)n1. The molecule has 106 valence electrons. The minimum atomic E-state index is -4.39. The average molecular weight is 284 g/mol. The molecule has 0 atom stereocenters. The van der Waals surface area contributed by atoms with E-state index in [1.807, 2.05) is 5.43 Å². The monoisotopic (exact) mass is 284 g/mol. The molecule has 1 heterocycles. The van der Waals surface area contributed by atoms with E-state index < -0.39 is 35.4 Å². The molecule has 0 amide bonds. The number of hydrazine groups is 1. The fourth-order valence-corrected chi connectivity index (χ4v) is 0.978. The van der Waals surface area contributed by atoms with Crippen LogP contribution in [0, 0.1) is 10.1 Å². The van der Waals surface area contributed by atoms with Gasteiger partial charge in [0.2, 0.25) is 5.88 Å². The van der Waals surface area contributed by atoms with E-state index in [1.165, 1.54) is 0 Å². The Morgan fingerprint density at radius 1 is 1.53 bits per heavy atom. The Morgan fingerprint density at radius 3 is 2.63 bits per heavy atom. The van der Waals surface area contributed by atoms with Gasteiger partial charge in [-0.3, -0.25) is 10.1 Å². The van der Waals surface area contributed by atoms with E-state index in [2.05, 4.69) is 9.72 Å². The minimum absolute atomic E-state index is 0.232. The average Bonchev–Trinajstić information content (AvgIpc) is 2.35. The first-order chi connectivity index (χ1) is 8.76. The van der Waals surface area contributed by atoms with Crippen molar-refractivity contribution in [3.8, 4) is 5.88 Å². The van der Waals surface area contributed by atoms with Crippen LogP contribution in [0.25, 0.3) is 0 Å². The molecule has 0 aliphatic heterocycles. The molecule has 19 heavy (non-hydrogen) atoms. The van der Waals surface area contributed by atoms with Crippen LogP contribution < -0.4 is 16.0 Å². The number of nitrogens with zero attached hydrogens (tertiary/aromatic N) is 2. The lowest BCUT2D eigenvalue weighted by molar-refractivity contribution is -0.384. The zero-order chi connectivity index (χ0) is 14.6. The van der Waals surface area contributed by atoms with Gasteiger partial charge in [-0.1, -0.05) is 0 Å². The summed E-state index contributed by atoms with van der Waals surface area (Å²) >= 11 is 0. The van der Waals surface area contributed by atoms with Crippen molar-refractivity contribution in [2.75, 3.05) is 12.0 Å². The third-order valence-electron chi connectivity index (χ3n) is 1.88. The zero-order valence-electron chi connectivity index (χ0n) is 9.15. The van der Waals surface area contributed by atoms with Gasteiger partial charge in [0.1, 0.15) is 0 Å². The predicted molar refractivity (Wildman–Crippen MR) is 55.1 cm³/mol. The number of aromatic nitrogens is 1. The van der Waals surface area contributed by atoms with Crippen molar-refractivity contribution < 1.29 is 27.2 Å². The second kappa shape index (κ2) is 5.65. The maximum atomic E-state index is 12.6. The lowest BCUT2D eigenvalue weighted by Gasteiger charge is -2.15. The van der Waals surface area contributed by atoms with Crippen LogP contribution in [0.2, 0.25) is 0 Å². The molecule has 7 nitrogen and oxygen atoms in total. The summed E-state index contributed by atoms with van der Waals surface area (Å²) in [5.74, 6) is -0.282. The Morgan fingerprint density at radius 2 is 2.16 bits per heavy atom. The standard InChI is InChI=1S/C8H8F4N4O3/c9-7(10)8(11,12)3-19-6-2-4(16(17)18)1-5(14-6)15-13/h1-2,7H,3,13H2,(H,14,15). The van der Waals surface area contributed by atoms with Crippen LogP contribution in [0.5, 0.6) is 5.88 Å². The second-order valence-electron chi connectivity index (χ2n) is 3.30. The number of pyridine rings is 1. The highest BCUT2D eigenvalue weighted by Gasteiger charge is 2.42. The van der Waals surface area contributed by atoms with Gasteiger partial charge in [-0.15, -0.1) is 0 Å². The van der Waals surface area contributed by atoms with Gasteiger partial charge in [0.25, 0.3) is 5.69 Å². The molecular formula is C8H8F4N4O3. The van der Waals surface area contributed by atoms with Crippen LogP contribution in [-0.2, 0) is 0 Å². The van der Waals surface area contributed by atoms with E-state index in [9.17, 15) is 27.7 Å². The number of nitrogens with one attached hydrogen (secondary N) is 1. The number of nitrogen functional groups attached to an aromatic ring is 1. The smallest absolute Gasteiger partial charge is 0.340 e. The molecule has 0 saturated carbocycles. The van der Waals surface area contributed by atoms with Gasteiger partial charge in [0.05, 0.1) is 17.1 Å². The molecule has 0 radical (unpaired) electrons. The number of anilines is 1. The van der Waals surface area contributed by atoms with Gasteiger partial charge in [-0.2, -0.15) is 13.8 Å². The number of alkyl halides is 4. The van der Waals surface area contributed by atoms with Crippen molar-refractivity contribution >= 4 is 11.5 Å². The predicted octanol–water partition coefficient (Wildman–Crippen LogP) is 1.55. The van der Waals surface area contributed by atoms with Gasteiger partial charge in [-0.05, 0) is 0 Å². The third-order valence-corrected chi connectivity index (χ3v) is 1.88. The van der Waals surface area contributed by atoms with Crippen molar-refractivity contribution in [3.63, 3.8) is 0 Å². The molecule has 0 unspecified atom stereocenters. The van der Waals surface area contributed by atoms with E-state index >= 15 is 0 Å². The summed E-state index contributed by atoms with van der Waals surface area (Å²) in [7, 11) is 0. The molecule has 0 aromatic carbocycles. The fourth-order valence-electron chi connectivity index (χ4n) is 0.978. The highest BCUT2D eigenvalue weighted by atomic mass is 19.3. The molecule has 0 fully saturated rings. The van der Waals surface area contributed by atoms with Gasteiger partial charge in [-0.25, -0.2) is 14.6 Å². The number of hydrogen-bond donors (Lipinski definition) is 2. The molecule has 0 bridgehead atoms. The Balaban J connectivity index is 2.89. The molecule has 0 saturated heterocycles. The summed E-state index contributed by atoms with van der Waals surface area (Å²) in [5.41, 5.74) is 1.41. The van der Waals surface area contributed by atoms with Crippen molar-refractivity contribution in [3.05, 3.63) is 22.2 Å². The second-order valence-corrected chi connectivity index (χ2v) is 3.30. The van der Waals surface area contributed by atoms with Crippen LogP contribution in [0.15, 0.2) is 12.1 Å². The van der Waals surface area contributed by atoms with Crippen LogP contribution in [-0.4, -0.2) is 28.9 Å². The number of nitro groups is 1. The highest BCUT2D eigenvalue weighted by Crippen LogP contribution is 2.26. The quantitative estimate of drug-likeness (QED) is 0.355. The molecule has 1 aromatic rings. The number of rotatable bonds is 6. The molecule has 0 aliphatic carbocycles. The van der Waals surface area contributed by atoms with Gasteiger partial charge < -0.3 is 10.2 Å². The summed E-state index contributed by atoms with van der Waals surface area (Å²) < 4.78 is 53.3. The van der Waals surface area contributed by atoms with Crippen LogP contribution >= 0.6 is 0 Å². The number of ether oxygens (including phenoxy) is 1. The summed E-state index contributed by atoms with van der Waals surface area (Å²) in [4.78, 5) is 13.1. The first-order valence-corrected chi connectivity index (χ1v) is 4.68. The summed E-state index contributed by atoms with van der Waals surface area (Å²) in [5, 5.41) is 10.5. The maximum absolute atomic E-state index is 12.6. The van der Waals surface area contributed by atoms with Gasteiger partial charge in [0, 0.05) is 0 Å². The number of hydrogen-bond acceptors (Lipinski definition) is 6. The lowest BCUT2D eigenvalue weighted by atomic mass is 10.3. The van der Waals surface area contributed by atoms with E-state index in [4.69, 9.17) is 5.84 Å².